The fourth-order valence-corrected chi connectivity index (χ4v) is 6.24. The molecule has 25 heavy (non-hydrogen) atoms. The maximum Gasteiger partial charge on any atom is 0.243 e. The summed E-state index contributed by atoms with van der Waals surface area (Å²) in [5, 5.41) is 0. The van der Waals surface area contributed by atoms with Crippen molar-refractivity contribution >= 4 is 20.0 Å². The Morgan fingerprint density at radius 3 is 1.52 bits per heavy atom. The maximum atomic E-state index is 12.7. The number of likely N-dealkylation sites (N-methyl/N-ethyl adjacent to an activating group) is 1. The van der Waals surface area contributed by atoms with Crippen molar-refractivity contribution in [1.29, 1.82) is 0 Å². The second-order valence-corrected chi connectivity index (χ2v) is 10.3. The largest absolute Gasteiger partial charge is 0.301 e. The van der Waals surface area contributed by atoms with E-state index in [0.717, 1.165) is 32.5 Å². The standard InChI is InChI=1S/C16H25N3O4S2/c1-2-17-11-13-19(14-12-17)25(22,23)16-7-5-15(6-8-16)24(20,21)18-9-3-4-10-18/h5-8H,2-4,9-14H2,1H3. The molecule has 0 unspecified atom stereocenters. The van der Waals surface area contributed by atoms with E-state index in [9.17, 15) is 16.8 Å². The Bertz CT molecular complexity index is 792. The van der Waals surface area contributed by atoms with Gasteiger partial charge in [0.25, 0.3) is 0 Å². The van der Waals surface area contributed by atoms with Gasteiger partial charge in [0.1, 0.15) is 0 Å². The molecule has 0 amide bonds. The Morgan fingerprint density at radius 2 is 1.12 bits per heavy atom. The van der Waals surface area contributed by atoms with Crippen molar-refractivity contribution in [3.05, 3.63) is 24.3 Å². The van der Waals surface area contributed by atoms with Crippen LogP contribution < -0.4 is 0 Å². The van der Waals surface area contributed by atoms with Crippen molar-refractivity contribution in [2.24, 2.45) is 0 Å². The van der Waals surface area contributed by atoms with Gasteiger partial charge in [0, 0.05) is 39.3 Å². The van der Waals surface area contributed by atoms with Gasteiger partial charge in [-0.15, -0.1) is 0 Å². The van der Waals surface area contributed by atoms with E-state index in [-0.39, 0.29) is 9.79 Å². The minimum Gasteiger partial charge on any atom is -0.301 e. The first kappa shape index (κ1) is 18.8. The molecule has 2 heterocycles. The van der Waals surface area contributed by atoms with Gasteiger partial charge in [-0.2, -0.15) is 8.61 Å². The molecule has 9 heteroatoms. The van der Waals surface area contributed by atoms with Gasteiger partial charge in [-0.3, -0.25) is 0 Å². The third kappa shape index (κ3) is 3.75. The van der Waals surface area contributed by atoms with Gasteiger partial charge in [0.2, 0.25) is 20.0 Å². The van der Waals surface area contributed by atoms with E-state index in [4.69, 9.17) is 0 Å². The van der Waals surface area contributed by atoms with Crippen molar-refractivity contribution in [3.63, 3.8) is 0 Å². The third-order valence-corrected chi connectivity index (χ3v) is 8.77. The van der Waals surface area contributed by atoms with Crippen molar-refractivity contribution < 1.29 is 16.8 Å². The van der Waals surface area contributed by atoms with E-state index < -0.39 is 20.0 Å². The lowest BCUT2D eigenvalue weighted by molar-refractivity contribution is 0.196. The summed E-state index contributed by atoms with van der Waals surface area (Å²) in [5.41, 5.74) is 0. The fraction of sp³-hybridized carbons (Fsp3) is 0.625. The Balaban J connectivity index is 1.77. The summed E-state index contributed by atoms with van der Waals surface area (Å²) >= 11 is 0. The molecule has 0 aromatic heterocycles. The summed E-state index contributed by atoms with van der Waals surface area (Å²) in [6.45, 7) is 6.40. The van der Waals surface area contributed by atoms with Crippen LogP contribution in [0.25, 0.3) is 0 Å². The first-order valence-corrected chi connectivity index (χ1v) is 11.6. The van der Waals surface area contributed by atoms with Crippen LogP contribution >= 0.6 is 0 Å². The van der Waals surface area contributed by atoms with Gasteiger partial charge in [-0.25, -0.2) is 16.8 Å². The Hall–Kier alpha value is -1.00. The zero-order valence-corrected chi connectivity index (χ0v) is 16.1. The second-order valence-electron chi connectivity index (χ2n) is 6.42. The maximum absolute atomic E-state index is 12.7. The quantitative estimate of drug-likeness (QED) is 0.747. The molecular weight excluding hydrogens is 362 g/mol. The van der Waals surface area contributed by atoms with Crippen LogP contribution in [0.3, 0.4) is 0 Å². The van der Waals surface area contributed by atoms with Crippen LogP contribution in [0.2, 0.25) is 0 Å². The fourth-order valence-electron chi connectivity index (χ4n) is 3.30. The highest BCUT2D eigenvalue weighted by molar-refractivity contribution is 7.89. The van der Waals surface area contributed by atoms with E-state index >= 15 is 0 Å². The van der Waals surface area contributed by atoms with Crippen LogP contribution in [0.5, 0.6) is 0 Å². The van der Waals surface area contributed by atoms with Crippen molar-refractivity contribution in [1.82, 2.24) is 13.5 Å². The summed E-state index contributed by atoms with van der Waals surface area (Å²) in [5.74, 6) is 0. The third-order valence-electron chi connectivity index (χ3n) is 4.94. The number of sulfonamides is 2. The molecule has 1 aromatic rings. The molecule has 3 rings (SSSR count). The van der Waals surface area contributed by atoms with E-state index in [2.05, 4.69) is 11.8 Å². The molecule has 140 valence electrons. The van der Waals surface area contributed by atoms with Crippen LogP contribution in [0.1, 0.15) is 19.8 Å². The van der Waals surface area contributed by atoms with E-state index in [1.807, 2.05) is 0 Å². The Morgan fingerprint density at radius 1 is 0.720 bits per heavy atom. The van der Waals surface area contributed by atoms with Crippen LogP contribution in [-0.4, -0.2) is 76.2 Å². The normalized spacial score (nSPS) is 21.6. The van der Waals surface area contributed by atoms with E-state index in [0.29, 0.717) is 26.2 Å². The molecule has 2 aliphatic rings. The molecule has 0 atom stereocenters. The van der Waals surface area contributed by atoms with Crippen LogP contribution in [0, 0.1) is 0 Å². The average Bonchev–Trinajstić information content (AvgIpc) is 3.17. The molecule has 2 fully saturated rings. The molecule has 0 radical (unpaired) electrons. The number of hydrogen-bond acceptors (Lipinski definition) is 5. The number of rotatable bonds is 5. The molecule has 2 saturated heterocycles. The number of benzene rings is 1. The lowest BCUT2D eigenvalue weighted by Crippen LogP contribution is -2.48. The Kier molecular flexibility index (Phi) is 5.50. The summed E-state index contributed by atoms with van der Waals surface area (Å²) in [6, 6.07) is 5.63. The van der Waals surface area contributed by atoms with Crippen molar-refractivity contribution in [3.8, 4) is 0 Å². The topological polar surface area (TPSA) is 78.0 Å². The highest BCUT2D eigenvalue weighted by Crippen LogP contribution is 2.24. The highest BCUT2D eigenvalue weighted by atomic mass is 32.2. The SMILES string of the molecule is CCN1CCN(S(=O)(=O)c2ccc(S(=O)(=O)N3CCCC3)cc2)CC1. The molecule has 0 spiro atoms. The molecule has 2 aliphatic heterocycles. The Labute approximate surface area is 150 Å². The molecular formula is C16H25N3O4S2. The summed E-state index contributed by atoms with van der Waals surface area (Å²) in [6.07, 6.45) is 1.74. The monoisotopic (exact) mass is 387 g/mol. The summed E-state index contributed by atoms with van der Waals surface area (Å²) < 4.78 is 53.5. The van der Waals surface area contributed by atoms with Crippen molar-refractivity contribution in [2.45, 2.75) is 29.6 Å². The van der Waals surface area contributed by atoms with Gasteiger partial charge in [-0.05, 0) is 43.7 Å². The number of nitrogens with zero attached hydrogens (tertiary/aromatic N) is 3. The molecule has 0 aliphatic carbocycles. The number of piperazine rings is 1. The number of hydrogen-bond donors (Lipinski definition) is 0. The van der Waals surface area contributed by atoms with Gasteiger partial charge >= 0.3 is 0 Å². The first-order chi connectivity index (χ1) is 11.9. The second kappa shape index (κ2) is 7.32. The smallest absolute Gasteiger partial charge is 0.243 e. The molecule has 7 nitrogen and oxygen atoms in total. The average molecular weight is 388 g/mol. The van der Waals surface area contributed by atoms with Gasteiger partial charge in [-0.1, -0.05) is 6.92 Å². The van der Waals surface area contributed by atoms with Crippen LogP contribution in [0.15, 0.2) is 34.1 Å². The lowest BCUT2D eigenvalue weighted by atomic mass is 10.4. The molecule has 1 aromatic carbocycles. The van der Waals surface area contributed by atoms with E-state index in [1.54, 1.807) is 0 Å². The van der Waals surface area contributed by atoms with Crippen LogP contribution in [0.4, 0.5) is 0 Å². The lowest BCUT2D eigenvalue weighted by Gasteiger charge is -2.33. The highest BCUT2D eigenvalue weighted by Gasteiger charge is 2.30. The van der Waals surface area contributed by atoms with Gasteiger partial charge in [0.05, 0.1) is 9.79 Å². The molecule has 0 N–H and O–H groups in total. The van der Waals surface area contributed by atoms with Gasteiger partial charge in [0.15, 0.2) is 0 Å². The summed E-state index contributed by atoms with van der Waals surface area (Å²) in [7, 11) is -7.09. The minimum atomic E-state index is -3.58. The summed E-state index contributed by atoms with van der Waals surface area (Å²) in [4.78, 5) is 2.51. The zero-order chi connectivity index (χ0) is 18.1. The van der Waals surface area contributed by atoms with Crippen molar-refractivity contribution in [2.75, 3.05) is 45.8 Å². The van der Waals surface area contributed by atoms with Gasteiger partial charge < -0.3 is 4.90 Å². The van der Waals surface area contributed by atoms with Crippen LogP contribution in [-0.2, 0) is 20.0 Å². The molecule has 0 bridgehead atoms. The minimum absolute atomic E-state index is 0.151. The zero-order valence-electron chi connectivity index (χ0n) is 14.5. The molecule has 0 saturated carbocycles. The first-order valence-electron chi connectivity index (χ1n) is 8.68. The predicted octanol–water partition coefficient (Wildman–Crippen LogP) is 0.797. The van der Waals surface area contributed by atoms with E-state index in [1.165, 1.54) is 32.9 Å². The predicted molar refractivity (Wildman–Crippen MR) is 95.3 cm³/mol.